The number of esters is 1. The Morgan fingerprint density at radius 1 is 1.07 bits per heavy atom. The Balaban J connectivity index is 1.22. The van der Waals surface area contributed by atoms with E-state index in [1.54, 1.807) is 27.0 Å². The summed E-state index contributed by atoms with van der Waals surface area (Å²) in [6, 6.07) is -0.807. The molecule has 0 radical (unpaired) electrons. The molecule has 7 rings (SSSR count). The van der Waals surface area contributed by atoms with Crippen molar-refractivity contribution in [2.45, 2.75) is 129 Å². The second-order valence-corrected chi connectivity index (χ2v) is 19.4. The van der Waals surface area contributed by atoms with Crippen LogP contribution in [-0.4, -0.2) is 79.8 Å². The van der Waals surface area contributed by atoms with Crippen molar-refractivity contribution in [3.8, 4) is 0 Å². The van der Waals surface area contributed by atoms with Gasteiger partial charge in [-0.05, 0) is 83.0 Å². The van der Waals surface area contributed by atoms with E-state index in [-0.39, 0.29) is 74.3 Å². The van der Waals surface area contributed by atoms with Crippen LogP contribution in [0.25, 0.3) is 0 Å². The number of aliphatic hydroxyl groups is 2. The predicted molar refractivity (Wildman–Crippen MR) is 230 cm³/mol. The highest BCUT2D eigenvalue weighted by Crippen LogP contribution is 2.61. The summed E-state index contributed by atoms with van der Waals surface area (Å²) in [5.41, 5.74) is -3.39. The number of carbonyl (C=O) groups is 4. The van der Waals surface area contributed by atoms with Gasteiger partial charge in [0, 0.05) is 36.8 Å². The van der Waals surface area contributed by atoms with E-state index in [0.717, 1.165) is 5.57 Å². The van der Waals surface area contributed by atoms with E-state index in [9.17, 15) is 29.7 Å². The Morgan fingerprint density at radius 3 is 2.41 bits per heavy atom. The van der Waals surface area contributed by atoms with Gasteiger partial charge in [-0.25, -0.2) is 9.59 Å². The fourth-order valence-corrected chi connectivity index (χ4v) is 12.4. The number of aliphatic hydroxyl groups excluding tert-OH is 2. The van der Waals surface area contributed by atoms with Crippen molar-refractivity contribution in [2.75, 3.05) is 0 Å². The van der Waals surface area contributed by atoms with Crippen LogP contribution in [0.15, 0.2) is 58.9 Å². The minimum absolute atomic E-state index is 0.000167. The maximum Gasteiger partial charge on any atom is 0.346 e. The molecule has 2 aliphatic heterocycles. The number of aromatic nitrogens is 1. The molecule has 15 heteroatoms. The zero-order valence-electron chi connectivity index (χ0n) is 35.7. The topological polar surface area (TPSA) is 174 Å². The predicted octanol–water partition coefficient (Wildman–Crippen LogP) is 8.63. The van der Waals surface area contributed by atoms with Crippen LogP contribution in [0, 0.1) is 40.4 Å². The number of hydrogen-bond acceptors (Lipinski definition) is 9. The quantitative estimate of drug-likeness (QED) is 0.118. The molecular formula is C46H57Cl3N2O10. The Kier molecular flexibility index (Phi) is 12.7. The van der Waals surface area contributed by atoms with Gasteiger partial charge < -0.3 is 39.4 Å². The van der Waals surface area contributed by atoms with Crippen LogP contribution in [-0.2, 0) is 35.6 Å². The SMILES string of the molecule is CCC1CC23OC(=O)/C(=C(\O)C4(CC)C(C=CC5C(OC6CC(O)C(NC(=O)c7c(Cl)c(Cl)c(Cl)n7C)C(C)O6)C(C)CCC54)C/C=C/C/C(C)=C/C2(C)C=C1C(=O)O)C3=O. The molecule has 12 nitrogen and oxygen atoms in total. The molecule has 3 fully saturated rings. The minimum atomic E-state index is -1.76. The molecule has 1 spiro atoms. The number of carboxylic acids is 1. The van der Waals surface area contributed by atoms with Crippen LogP contribution in [0.4, 0.5) is 0 Å². The lowest BCUT2D eigenvalue weighted by Crippen LogP contribution is -2.58. The monoisotopic (exact) mass is 902 g/mol. The molecule has 1 saturated carbocycles. The first-order valence-electron chi connectivity index (χ1n) is 21.4. The smallest absolute Gasteiger partial charge is 0.346 e. The van der Waals surface area contributed by atoms with Crippen LogP contribution in [0.1, 0.15) is 103 Å². The zero-order chi connectivity index (χ0) is 44.5. The molecule has 2 saturated heterocycles. The van der Waals surface area contributed by atoms with Gasteiger partial charge in [-0.15, -0.1) is 0 Å². The fourth-order valence-electron chi connectivity index (χ4n) is 11.6. The molecule has 6 aliphatic rings. The summed E-state index contributed by atoms with van der Waals surface area (Å²) in [5.74, 6) is -4.83. The number of nitrogens with one attached hydrogen (secondary N) is 1. The number of rotatable bonds is 7. The van der Waals surface area contributed by atoms with Gasteiger partial charge >= 0.3 is 11.9 Å². The van der Waals surface area contributed by atoms with E-state index < -0.39 is 76.6 Å². The summed E-state index contributed by atoms with van der Waals surface area (Å²) >= 11 is 18.7. The van der Waals surface area contributed by atoms with Gasteiger partial charge in [-0.3, -0.25) is 9.59 Å². The summed E-state index contributed by atoms with van der Waals surface area (Å²) in [4.78, 5) is 55.4. The standard InChI is InChI=1S/C46H57Cl3N2O10/c1-8-25-20-46-39(54)32(43(58)61-46)38(53)45(9-2)26(13-11-10-12-22(3)19-44(46,6)21-28(25)42(56)57)15-16-27-29(45)17-14-23(4)37(27)60-31-18-30(52)35(24(5)59-31)50-41(55)36-33(47)34(48)40(49)51(36)7/h10-11,15-16,19,21,23-27,29-31,35,37,52-53H,8-9,12-14,17-18,20H2,1-7H3,(H,50,55)(H,56,57)/b11-10+,22-19+,38-32-. The average molecular weight is 904 g/mol. The lowest BCUT2D eigenvalue weighted by Gasteiger charge is -2.55. The number of Topliss-reactive ketones (excluding diaryl/α,β-unsaturated/α-hetero) is 1. The summed E-state index contributed by atoms with van der Waals surface area (Å²) in [6.07, 6.45) is 12.1. The van der Waals surface area contributed by atoms with E-state index in [0.29, 0.717) is 38.5 Å². The lowest BCUT2D eigenvalue weighted by atomic mass is 9.51. The van der Waals surface area contributed by atoms with Gasteiger partial charge in [-0.1, -0.05) is 97.6 Å². The number of halogens is 3. The number of amides is 1. The van der Waals surface area contributed by atoms with Crippen LogP contribution >= 0.6 is 34.8 Å². The molecule has 1 aromatic heterocycles. The van der Waals surface area contributed by atoms with Gasteiger partial charge in [-0.2, -0.15) is 0 Å². The van der Waals surface area contributed by atoms with Crippen molar-refractivity contribution in [3.05, 3.63) is 79.8 Å². The number of carbonyl (C=O) groups excluding carboxylic acids is 3. The summed E-state index contributed by atoms with van der Waals surface area (Å²) in [5, 5.41) is 37.5. The van der Waals surface area contributed by atoms with Crippen molar-refractivity contribution >= 4 is 58.4 Å². The third-order valence-electron chi connectivity index (χ3n) is 14.9. The molecule has 3 heterocycles. The van der Waals surface area contributed by atoms with Crippen molar-refractivity contribution < 1.29 is 48.7 Å². The Hall–Kier alpha value is -3.39. The van der Waals surface area contributed by atoms with E-state index in [4.69, 9.17) is 49.0 Å². The molecule has 61 heavy (non-hydrogen) atoms. The molecule has 1 amide bonds. The molecule has 0 aromatic carbocycles. The van der Waals surface area contributed by atoms with Crippen LogP contribution in [0.2, 0.25) is 15.2 Å². The largest absolute Gasteiger partial charge is 0.511 e. The lowest BCUT2D eigenvalue weighted by molar-refractivity contribution is -0.258. The van der Waals surface area contributed by atoms with Crippen molar-refractivity contribution in [3.63, 3.8) is 0 Å². The average Bonchev–Trinajstić information content (AvgIpc) is 3.57. The van der Waals surface area contributed by atoms with Crippen LogP contribution in [0.5, 0.6) is 0 Å². The van der Waals surface area contributed by atoms with Crippen molar-refractivity contribution in [1.82, 2.24) is 9.88 Å². The third kappa shape index (κ3) is 7.34. The molecule has 13 unspecified atom stereocenters. The molecule has 332 valence electrons. The van der Waals surface area contributed by atoms with E-state index in [1.807, 2.05) is 26.8 Å². The Morgan fingerprint density at radius 2 is 1.79 bits per heavy atom. The van der Waals surface area contributed by atoms with Crippen molar-refractivity contribution in [1.29, 1.82) is 0 Å². The highest BCUT2D eigenvalue weighted by Gasteiger charge is 2.67. The summed E-state index contributed by atoms with van der Waals surface area (Å²) < 4.78 is 20.8. The minimum Gasteiger partial charge on any atom is -0.511 e. The normalized spacial score (nSPS) is 41.4. The summed E-state index contributed by atoms with van der Waals surface area (Å²) in [6.45, 7) is 11.3. The number of carboxylic acid groups (broad SMARTS) is 1. The number of ether oxygens (including phenoxy) is 3. The van der Waals surface area contributed by atoms with E-state index in [2.05, 4.69) is 36.5 Å². The number of ketones is 1. The molecule has 1 aromatic rings. The Labute approximate surface area is 372 Å². The Bertz CT molecular complexity index is 2120. The molecule has 4 aliphatic carbocycles. The van der Waals surface area contributed by atoms with Crippen molar-refractivity contribution in [2.24, 2.45) is 47.5 Å². The highest BCUT2D eigenvalue weighted by molar-refractivity contribution is 6.49. The zero-order valence-corrected chi connectivity index (χ0v) is 37.9. The number of nitrogens with zero attached hydrogens (tertiary/aromatic N) is 1. The summed E-state index contributed by atoms with van der Waals surface area (Å²) in [7, 11) is 1.56. The van der Waals surface area contributed by atoms with Gasteiger partial charge in [0.25, 0.3) is 5.91 Å². The first kappa shape index (κ1) is 45.6. The number of allylic oxidation sites excluding steroid dienone is 5. The van der Waals surface area contributed by atoms with Gasteiger partial charge in [0.2, 0.25) is 5.78 Å². The van der Waals surface area contributed by atoms with Gasteiger partial charge in [0.1, 0.15) is 22.2 Å². The van der Waals surface area contributed by atoms with Gasteiger partial charge in [0.05, 0.1) is 39.8 Å². The number of aliphatic carboxylic acids is 1. The second kappa shape index (κ2) is 17.0. The molecule has 13 atom stereocenters. The molecule has 2 bridgehead atoms. The second-order valence-electron chi connectivity index (χ2n) is 18.3. The van der Waals surface area contributed by atoms with Gasteiger partial charge in [0.15, 0.2) is 11.9 Å². The fraction of sp³-hybridized carbons (Fsp3) is 0.609. The molecule has 4 N–H and O–H groups in total. The maximum atomic E-state index is 15.2. The molecular weight excluding hydrogens is 847 g/mol. The number of hydrogen-bond donors (Lipinski definition) is 4. The van der Waals surface area contributed by atoms with E-state index >= 15 is 4.79 Å². The van der Waals surface area contributed by atoms with Crippen LogP contribution < -0.4 is 5.32 Å². The van der Waals surface area contributed by atoms with E-state index in [1.165, 1.54) is 4.57 Å². The third-order valence-corrected chi connectivity index (χ3v) is 16.3. The first-order valence-corrected chi connectivity index (χ1v) is 22.6. The maximum absolute atomic E-state index is 15.2. The number of fused-ring (bicyclic) bond motifs is 4. The first-order chi connectivity index (χ1) is 28.8. The highest BCUT2D eigenvalue weighted by atomic mass is 35.5. The van der Waals surface area contributed by atoms with Crippen LogP contribution in [0.3, 0.4) is 0 Å².